The van der Waals surface area contributed by atoms with E-state index in [1.807, 2.05) is 0 Å². The number of carbonyl (C=O) groups excluding carboxylic acids is 2. The molecule has 0 spiro atoms. The third-order valence-electron chi connectivity index (χ3n) is 4.79. The summed E-state index contributed by atoms with van der Waals surface area (Å²) in [4.78, 5) is 70.2. The first-order valence-corrected chi connectivity index (χ1v) is 11.4. The van der Waals surface area contributed by atoms with Crippen molar-refractivity contribution in [2.45, 2.75) is 63.4 Å². The van der Waals surface area contributed by atoms with Gasteiger partial charge in [-0.15, -0.1) is 0 Å². The minimum absolute atomic E-state index is 0.0622. The van der Waals surface area contributed by atoms with Gasteiger partial charge in [0.2, 0.25) is 0 Å². The zero-order valence-electron chi connectivity index (χ0n) is 21.3. The van der Waals surface area contributed by atoms with Gasteiger partial charge in [0, 0.05) is 13.0 Å². The molecule has 15 heteroatoms. The van der Waals surface area contributed by atoms with Crippen LogP contribution in [0.5, 0.6) is 0 Å². The summed E-state index contributed by atoms with van der Waals surface area (Å²) in [6.45, 7) is 1.25. The van der Waals surface area contributed by atoms with Gasteiger partial charge in [-0.25, -0.2) is 14.4 Å². The van der Waals surface area contributed by atoms with Crippen LogP contribution in [-0.2, 0) is 47.7 Å². The lowest BCUT2D eigenvalue weighted by Crippen LogP contribution is -2.47. The number of carboxylic acids is 4. The molecule has 0 aromatic heterocycles. The first-order chi connectivity index (χ1) is 17.0. The fraction of sp³-hybridized carbons (Fsp3) is 0.727. The molecule has 0 rings (SSSR count). The lowest BCUT2D eigenvalue weighted by Gasteiger charge is -2.28. The normalized spacial score (nSPS) is 14.6. The van der Waals surface area contributed by atoms with Gasteiger partial charge in [-0.2, -0.15) is 0 Å². The highest BCUT2D eigenvalue weighted by Gasteiger charge is 2.46. The number of hydrogen-bond donors (Lipinski definition) is 4. The van der Waals surface area contributed by atoms with E-state index >= 15 is 0 Å². The van der Waals surface area contributed by atoms with Crippen LogP contribution in [0.4, 0.5) is 0 Å². The van der Waals surface area contributed by atoms with Crippen molar-refractivity contribution in [1.82, 2.24) is 0 Å². The summed E-state index contributed by atoms with van der Waals surface area (Å²) in [6, 6.07) is 0. The van der Waals surface area contributed by atoms with Crippen molar-refractivity contribution < 1.29 is 72.6 Å². The van der Waals surface area contributed by atoms with Gasteiger partial charge >= 0.3 is 42.1 Å². The number of carboxylic acid groups (broad SMARTS) is 4. The Balaban J connectivity index is 5.65. The van der Waals surface area contributed by atoms with Crippen LogP contribution in [0.1, 0.15) is 45.4 Å². The zero-order chi connectivity index (χ0) is 28.8. The van der Waals surface area contributed by atoms with Crippen molar-refractivity contribution in [3.63, 3.8) is 0 Å². The monoisotopic (exact) mass is 538 g/mol. The molecule has 15 nitrogen and oxygen atoms in total. The molecule has 4 N–H and O–H groups in total. The van der Waals surface area contributed by atoms with Crippen molar-refractivity contribution in [2.24, 2.45) is 0 Å². The van der Waals surface area contributed by atoms with Gasteiger partial charge in [-0.05, 0) is 19.3 Å². The van der Waals surface area contributed by atoms with Crippen LogP contribution in [0.25, 0.3) is 0 Å². The molecule has 0 aromatic rings. The maximum absolute atomic E-state index is 12.6. The largest absolute Gasteiger partial charge is 0.481 e. The lowest BCUT2D eigenvalue weighted by atomic mass is 9.95. The Morgan fingerprint density at radius 3 is 1.92 bits per heavy atom. The minimum Gasteiger partial charge on any atom is -0.481 e. The zero-order valence-corrected chi connectivity index (χ0v) is 21.3. The smallest absolute Gasteiger partial charge is 0.377 e. The summed E-state index contributed by atoms with van der Waals surface area (Å²) in [6.07, 6.45) is -6.07. The van der Waals surface area contributed by atoms with Crippen LogP contribution < -0.4 is 0 Å². The molecule has 0 saturated heterocycles. The highest BCUT2D eigenvalue weighted by Crippen LogP contribution is 2.24. The Kier molecular flexibility index (Phi) is 14.3. The molecule has 37 heavy (non-hydrogen) atoms. The van der Waals surface area contributed by atoms with Crippen molar-refractivity contribution in [3.05, 3.63) is 0 Å². The van der Waals surface area contributed by atoms with E-state index in [9.17, 15) is 39.0 Å². The van der Waals surface area contributed by atoms with Gasteiger partial charge in [0.05, 0.1) is 34.0 Å². The van der Waals surface area contributed by atoms with Crippen LogP contribution in [0.15, 0.2) is 0 Å². The number of hydrogen-bond acceptors (Lipinski definition) is 10. The predicted molar refractivity (Wildman–Crippen MR) is 121 cm³/mol. The van der Waals surface area contributed by atoms with Crippen molar-refractivity contribution in [1.29, 1.82) is 0 Å². The van der Waals surface area contributed by atoms with Crippen LogP contribution in [0.2, 0.25) is 0 Å². The average molecular weight is 539 g/mol. The summed E-state index contributed by atoms with van der Waals surface area (Å²) in [5, 5.41) is 36.7. The highest BCUT2D eigenvalue weighted by molar-refractivity contribution is 5.89. The number of likely N-dealkylation sites (N-methyl/N-ethyl adjacent to an activating group) is 1. The molecule has 0 amide bonds. The molecule has 0 aliphatic heterocycles. The minimum atomic E-state index is -2.59. The molecule has 0 bridgehead atoms. The fourth-order valence-electron chi connectivity index (χ4n) is 2.75. The average Bonchev–Trinajstić information content (AvgIpc) is 2.74. The molecule has 3 unspecified atom stereocenters. The Hall–Kier alpha value is -3.30. The Morgan fingerprint density at radius 1 is 0.838 bits per heavy atom. The quantitative estimate of drug-likeness (QED) is 0.0691. The number of carbonyl (C=O) groups is 6. The second-order valence-corrected chi connectivity index (χ2v) is 9.12. The van der Waals surface area contributed by atoms with Gasteiger partial charge in [-0.3, -0.25) is 14.4 Å². The van der Waals surface area contributed by atoms with E-state index in [2.05, 4.69) is 0 Å². The van der Waals surface area contributed by atoms with E-state index in [4.69, 9.17) is 29.2 Å². The third kappa shape index (κ3) is 14.1. The molecule has 0 saturated carbocycles. The molecule has 0 aromatic carbocycles. The molecule has 3 atom stereocenters. The molecule has 0 fully saturated rings. The standard InChI is InChI=1S/C22H35NO14/c1-5-14(18(29)30)36-19(31)20(34-11-9-23(2,3)4)37-17(28)13-22(21(32)33,12-16(26)27)35-10-7-6-8-15(24)25/h14,20H,5-13H2,1-4H3,(H3-,24,25,26,27,29,30,32,33)/p+1. The van der Waals surface area contributed by atoms with Crippen LogP contribution >= 0.6 is 0 Å². The lowest BCUT2D eigenvalue weighted by molar-refractivity contribution is -0.870. The maximum atomic E-state index is 12.6. The number of aliphatic carboxylic acids is 4. The predicted octanol–water partition coefficient (Wildman–Crippen LogP) is -0.0554. The van der Waals surface area contributed by atoms with E-state index in [0.717, 1.165) is 0 Å². The summed E-state index contributed by atoms with van der Waals surface area (Å²) >= 11 is 0. The number of quaternary nitrogens is 1. The Morgan fingerprint density at radius 2 is 1.46 bits per heavy atom. The summed E-state index contributed by atoms with van der Waals surface area (Å²) in [7, 11) is 5.42. The first kappa shape index (κ1) is 33.7. The summed E-state index contributed by atoms with van der Waals surface area (Å²) < 4.78 is 20.7. The van der Waals surface area contributed by atoms with E-state index in [0.29, 0.717) is 11.0 Å². The number of nitrogens with zero attached hydrogens (tertiary/aromatic N) is 1. The number of unbranched alkanes of at least 4 members (excludes halogenated alkanes) is 1. The molecule has 0 aliphatic carbocycles. The summed E-state index contributed by atoms with van der Waals surface area (Å²) in [5.41, 5.74) is -2.59. The molecule has 212 valence electrons. The van der Waals surface area contributed by atoms with Gasteiger partial charge < -0.3 is 43.9 Å². The van der Waals surface area contributed by atoms with Crippen LogP contribution in [0.3, 0.4) is 0 Å². The summed E-state index contributed by atoms with van der Waals surface area (Å²) in [5.74, 6) is -8.68. The molecule has 0 radical (unpaired) electrons. The SMILES string of the molecule is CCC(OC(=O)C(OCC[N+](C)(C)C)OC(=O)CC(CC(=O)O)(OCCCCC(=O)O)C(=O)O)C(=O)O. The van der Waals surface area contributed by atoms with E-state index in [1.165, 1.54) is 6.92 Å². The number of rotatable bonds is 20. The van der Waals surface area contributed by atoms with Crippen molar-refractivity contribution in [2.75, 3.05) is 40.9 Å². The van der Waals surface area contributed by atoms with Gasteiger partial charge in [-0.1, -0.05) is 6.92 Å². The number of esters is 2. The molecule has 0 aliphatic rings. The first-order valence-electron chi connectivity index (χ1n) is 11.4. The van der Waals surface area contributed by atoms with Gasteiger partial charge in [0.15, 0.2) is 11.7 Å². The topological polar surface area (TPSA) is 220 Å². The van der Waals surface area contributed by atoms with Gasteiger partial charge in [0.25, 0.3) is 0 Å². The van der Waals surface area contributed by atoms with E-state index < -0.39 is 66.7 Å². The number of ether oxygens (including phenoxy) is 4. The van der Waals surface area contributed by atoms with Crippen LogP contribution in [-0.4, -0.2) is 120 Å². The Labute approximate surface area is 213 Å². The molecular weight excluding hydrogens is 502 g/mol. The van der Waals surface area contributed by atoms with Crippen molar-refractivity contribution >= 4 is 35.8 Å². The fourth-order valence-corrected chi connectivity index (χ4v) is 2.75. The van der Waals surface area contributed by atoms with Crippen LogP contribution in [0, 0.1) is 0 Å². The molecule has 0 heterocycles. The molecular formula is C22H36NO14+. The van der Waals surface area contributed by atoms with E-state index in [-0.39, 0.29) is 38.9 Å². The Bertz CT molecular complexity index is 821. The third-order valence-corrected chi connectivity index (χ3v) is 4.79. The second kappa shape index (κ2) is 15.7. The van der Waals surface area contributed by atoms with Gasteiger partial charge in [0.1, 0.15) is 13.2 Å². The maximum Gasteiger partial charge on any atom is 0.377 e. The second-order valence-electron chi connectivity index (χ2n) is 9.12. The van der Waals surface area contributed by atoms with Crippen molar-refractivity contribution in [3.8, 4) is 0 Å². The highest BCUT2D eigenvalue weighted by atomic mass is 16.7. The van der Waals surface area contributed by atoms with E-state index in [1.54, 1.807) is 21.1 Å².